The van der Waals surface area contributed by atoms with Gasteiger partial charge in [0.1, 0.15) is 0 Å². The minimum atomic E-state index is 0.464. The van der Waals surface area contributed by atoms with Crippen LogP contribution in [0, 0.1) is 5.92 Å². The van der Waals surface area contributed by atoms with Crippen molar-refractivity contribution in [3.63, 3.8) is 0 Å². The van der Waals surface area contributed by atoms with Crippen LogP contribution in [0.3, 0.4) is 0 Å². The SMILES string of the molecule is CC1CCC(=C2CCCC(N)C2)CC1. The lowest BCUT2D eigenvalue weighted by Crippen LogP contribution is -2.24. The molecule has 2 N–H and O–H groups in total. The molecule has 0 saturated heterocycles. The Kier molecular flexibility index (Phi) is 3.27. The molecular weight excluding hydrogens is 170 g/mol. The third-order valence-corrected chi connectivity index (χ3v) is 3.94. The highest BCUT2D eigenvalue weighted by molar-refractivity contribution is 5.18. The van der Waals surface area contributed by atoms with Gasteiger partial charge in [-0.25, -0.2) is 0 Å². The van der Waals surface area contributed by atoms with Gasteiger partial charge < -0.3 is 5.73 Å². The van der Waals surface area contributed by atoms with Crippen LogP contribution in [0.5, 0.6) is 0 Å². The molecule has 1 nitrogen and oxygen atoms in total. The second-order valence-corrected chi connectivity index (χ2v) is 5.25. The first-order valence-electron chi connectivity index (χ1n) is 6.21. The summed E-state index contributed by atoms with van der Waals surface area (Å²) >= 11 is 0. The Morgan fingerprint density at radius 2 is 1.71 bits per heavy atom. The van der Waals surface area contributed by atoms with E-state index in [-0.39, 0.29) is 0 Å². The first kappa shape index (κ1) is 10.2. The minimum absolute atomic E-state index is 0.464. The molecule has 0 aliphatic heterocycles. The van der Waals surface area contributed by atoms with Crippen LogP contribution in [0.2, 0.25) is 0 Å². The first-order valence-corrected chi connectivity index (χ1v) is 6.21. The van der Waals surface area contributed by atoms with Crippen molar-refractivity contribution in [1.82, 2.24) is 0 Å². The fourth-order valence-electron chi connectivity index (χ4n) is 2.88. The van der Waals surface area contributed by atoms with Crippen molar-refractivity contribution in [2.45, 2.75) is 64.3 Å². The predicted octanol–water partition coefficient (Wildman–Crippen LogP) is 3.39. The van der Waals surface area contributed by atoms with Crippen LogP contribution >= 0.6 is 0 Å². The van der Waals surface area contributed by atoms with E-state index in [9.17, 15) is 0 Å². The summed E-state index contributed by atoms with van der Waals surface area (Å²) < 4.78 is 0. The van der Waals surface area contributed by atoms with Gasteiger partial charge >= 0.3 is 0 Å². The van der Waals surface area contributed by atoms with Crippen LogP contribution in [-0.2, 0) is 0 Å². The van der Waals surface area contributed by atoms with Gasteiger partial charge in [0, 0.05) is 6.04 Å². The lowest BCUT2D eigenvalue weighted by Gasteiger charge is -2.28. The maximum absolute atomic E-state index is 6.02. The van der Waals surface area contributed by atoms with Crippen LogP contribution in [0.4, 0.5) is 0 Å². The molecule has 2 aliphatic carbocycles. The first-order chi connectivity index (χ1) is 6.75. The van der Waals surface area contributed by atoms with Gasteiger partial charge in [-0.15, -0.1) is 0 Å². The van der Waals surface area contributed by atoms with Crippen molar-refractivity contribution in [2.75, 3.05) is 0 Å². The summed E-state index contributed by atoms with van der Waals surface area (Å²) in [5.74, 6) is 0.955. The van der Waals surface area contributed by atoms with Crippen LogP contribution in [0.1, 0.15) is 58.3 Å². The van der Waals surface area contributed by atoms with Crippen LogP contribution in [0.15, 0.2) is 11.1 Å². The van der Waals surface area contributed by atoms with E-state index in [0.717, 1.165) is 5.92 Å². The summed E-state index contributed by atoms with van der Waals surface area (Å²) in [6, 6.07) is 0.464. The van der Waals surface area contributed by atoms with E-state index >= 15 is 0 Å². The van der Waals surface area contributed by atoms with Gasteiger partial charge in [-0.3, -0.25) is 0 Å². The van der Waals surface area contributed by atoms with E-state index in [2.05, 4.69) is 6.92 Å². The molecule has 0 bridgehead atoms. The number of allylic oxidation sites excluding steroid dienone is 1. The van der Waals surface area contributed by atoms with Crippen molar-refractivity contribution >= 4 is 0 Å². The van der Waals surface area contributed by atoms with Gasteiger partial charge in [0.25, 0.3) is 0 Å². The average molecular weight is 193 g/mol. The fraction of sp³-hybridized carbons (Fsp3) is 0.846. The Bertz CT molecular complexity index is 219. The largest absolute Gasteiger partial charge is 0.327 e. The maximum Gasteiger partial charge on any atom is 0.00762 e. The van der Waals surface area contributed by atoms with Crippen molar-refractivity contribution in [3.8, 4) is 0 Å². The summed E-state index contributed by atoms with van der Waals surface area (Å²) in [6.45, 7) is 2.38. The molecule has 1 heteroatoms. The molecule has 2 aliphatic rings. The quantitative estimate of drug-likeness (QED) is 0.586. The Hall–Kier alpha value is -0.300. The predicted molar refractivity (Wildman–Crippen MR) is 61.1 cm³/mol. The monoisotopic (exact) mass is 193 g/mol. The van der Waals surface area contributed by atoms with E-state index in [1.165, 1.54) is 51.4 Å². The van der Waals surface area contributed by atoms with Gasteiger partial charge in [-0.1, -0.05) is 18.1 Å². The Morgan fingerprint density at radius 1 is 1.00 bits per heavy atom. The highest BCUT2D eigenvalue weighted by Gasteiger charge is 2.19. The molecule has 0 amide bonds. The number of rotatable bonds is 0. The Labute approximate surface area is 87.8 Å². The van der Waals surface area contributed by atoms with Gasteiger partial charge in [0.2, 0.25) is 0 Å². The van der Waals surface area contributed by atoms with Gasteiger partial charge in [-0.05, 0) is 57.3 Å². The second-order valence-electron chi connectivity index (χ2n) is 5.25. The molecule has 1 atom stereocenters. The molecule has 0 radical (unpaired) electrons. The Morgan fingerprint density at radius 3 is 2.36 bits per heavy atom. The molecule has 0 spiro atoms. The zero-order valence-corrected chi connectivity index (χ0v) is 9.39. The van der Waals surface area contributed by atoms with E-state index in [0.29, 0.717) is 6.04 Å². The Balaban J connectivity index is 1.99. The molecule has 0 aromatic heterocycles. The zero-order chi connectivity index (χ0) is 9.97. The standard InChI is InChI=1S/C13H23N/c1-10-5-7-11(8-6-10)12-3-2-4-13(14)9-12/h10,13H,2-9,14H2,1H3. The summed E-state index contributed by atoms with van der Waals surface area (Å²) in [4.78, 5) is 0. The molecular formula is C13H23N. The summed E-state index contributed by atoms with van der Waals surface area (Å²) in [5, 5.41) is 0. The zero-order valence-electron chi connectivity index (χ0n) is 9.39. The fourth-order valence-corrected chi connectivity index (χ4v) is 2.88. The van der Waals surface area contributed by atoms with E-state index in [1.807, 2.05) is 0 Å². The van der Waals surface area contributed by atoms with Crippen molar-refractivity contribution in [2.24, 2.45) is 11.7 Å². The lowest BCUT2D eigenvalue weighted by molar-refractivity contribution is 0.429. The number of hydrogen-bond donors (Lipinski definition) is 1. The average Bonchev–Trinajstić information content (AvgIpc) is 2.19. The molecule has 2 saturated carbocycles. The van der Waals surface area contributed by atoms with Crippen molar-refractivity contribution in [3.05, 3.63) is 11.1 Å². The second kappa shape index (κ2) is 4.48. The molecule has 0 heterocycles. The summed E-state index contributed by atoms with van der Waals surface area (Å²) in [7, 11) is 0. The third-order valence-electron chi connectivity index (χ3n) is 3.94. The summed E-state index contributed by atoms with van der Waals surface area (Å²) in [6.07, 6.45) is 10.7. The van der Waals surface area contributed by atoms with Crippen LogP contribution < -0.4 is 5.73 Å². The summed E-state index contributed by atoms with van der Waals surface area (Å²) in [5.41, 5.74) is 9.53. The highest BCUT2D eigenvalue weighted by Crippen LogP contribution is 2.34. The minimum Gasteiger partial charge on any atom is -0.327 e. The lowest BCUT2D eigenvalue weighted by atomic mass is 9.80. The normalized spacial score (nSPS) is 34.7. The maximum atomic E-state index is 6.02. The van der Waals surface area contributed by atoms with Gasteiger partial charge in [0.05, 0.1) is 0 Å². The van der Waals surface area contributed by atoms with E-state index < -0.39 is 0 Å². The van der Waals surface area contributed by atoms with Crippen LogP contribution in [0.25, 0.3) is 0 Å². The molecule has 0 aromatic carbocycles. The molecule has 0 aromatic rings. The highest BCUT2D eigenvalue weighted by atomic mass is 14.6. The smallest absolute Gasteiger partial charge is 0.00762 e. The van der Waals surface area contributed by atoms with Gasteiger partial charge in [-0.2, -0.15) is 0 Å². The molecule has 80 valence electrons. The molecule has 14 heavy (non-hydrogen) atoms. The molecule has 2 rings (SSSR count). The molecule has 2 fully saturated rings. The number of hydrogen-bond acceptors (Lipinski definition) is 1. The van der Waals surface area contributed by atoms with Gasteiger partial charge in [0.15, 0.2) is 0 Å². The molecule has 1 unspecified atom stereocenters. The van der Waals surface area contributed by atoms with Crippen molar-refractivity contribution in [1.29, 1.82) is 0 Å². The topological polar surface area (TPSA) is 26.0 Å². The van der Waals surface area contributed by atoms with Crippen molar-refractivity contribution < 1.29 is 0 Å². The van der Waals surface area contributed by atoms with E-state index in [1.54, 1.807) is 11.1 Å². The number of nitrogens with two attached hydrogens (primary N) is 1. The third kappa shape index (κ3) is 2.38. The van der Waals surface area contributed by atoms with Crippen LogP contribution in [-0.4, -0.2) is 6.04 Å². The van der Waals surface area contributed by atoms with E-state index in [4.69, 9.17) is 5.73 Å².